The number of fused-ring (bicyclic) bond motifs is 3. The second-order valence-corrected chi connectivity index (χ2v) is 8.17. The number of carbonyl (C=O) groups is 2. The minimum absolute atomic E-state index is 0.0766. The number of carbonyl (C=O) groups excluding carboxylic acids is 2. The summed E-state index contributed by atoms with van der Waals surface area (Å²) in [6.45, 7) is -0.283. The second kappa shape index (κ2) is 9.89. The molecule has 0 radical (unpaired) electrons. The first-order valence-corrected chi connectivity index (χ1v) is 10.8. The number of alkyl halides is 3. The Balaban J connectivity index is 1.31. The van der Waals surface area contributed by atoms with Gasteiger partial charge in [0.05, 0.1) is 0 Å². The largest absolute Gasteiger partial charge is 0.454 e. The first-order chi connectivity index (χ1) is 16.7. The maximum atomic E-state index is 12.5. The molecular formula is C26H22F3NO5. The normalized spacial score (nSPS) is 14.5. The molecule has 1 amide bonds. The van der Waals surface area contributed by atoms with E-state index in [-0.39, 0.29) is 24.6 Å². The fourth-order valence-electron chi connectivity index (χ4n) is 4.17. The van der Waals surface area contributed by atoms with E-state index in [0.717, 1.165) is 46.5 Å². The summed E-state index contributed by atoms with van der Waals surface area (Å²) in [5.41, 5.74) is 3.76. The fraction of sp³-hybridized carbons (Fsp3) is 0.231. The number of aliphatic hydroxyl groups excluding tert-OH is 2. The van der Waals surface area contributed by atoms with Gasteiger partial charge in [-0.3, -0.25) is 4.79 Å². The molecule has 0 heterocycles. The Kier molecular flexibility index (Phi) is 6.90. The van der Waals surface area contributed by atoms with E-state index in [9.17, 15) is 33.0 Å². The van der Waals surface area contributed by atoms with Gasteiger partial charge in [0.2, 0.25) is 0 Å². The van der Waals surface area contributed by atoms with Crippen LogP contribution in [0.5, 0.6) is 0 Å². The first-order valence-electron chi connectivity index (χ1n) is 10.8. The van der Waals surface area contributed by atoms with Crippen LogP contribution in [0.4, 0.5) is 18.0 Å². The highest BCUT2D eigenvalue weighted by atomic mass is 19.4. The topological polar surface area (TPSA) is 95.9 Å². The smallest absolute Gasteiger partial charge is 0.449 e. The highest BCUT2D eigenvalue weighted by Gasteiger charge is 2.39. The summed E-state index contributed by atoms with van der Waals surface area (Å²) >= 11 is 0. The number of aliphatic hydroxyl groups is 2. The Labute approximate surface area is 199 Å². The van der Waals surface area contributed by atoms with E-state index in [4.69, 9.17) is 4.74 Å². The molecule has 9 heteroatoms. The van der Waals surface area contributed by atoms with Gasteiger partial charge in [-0.05, 0) is 27.8 Å². The molecule has 0 saturated heterocycles. The van der Waals surface area contributed by atoms with Crippen molar-refractivity contribution in [3.05, 3.63) is 95.1 Å². The number of benzene rings is 3. The fourth-order valence-corrected chi connectivity index (χ4v) is 4.17. The number of hydrogen-bond acceptors (Lipinski definition) is 5. The summed E-state index contributed by atoms with van der Waals surface area (Å²) in [4.78, 5) is 23.5. The van der Waals surface area contributed by atoms with Gasteiger partial charge >= 0.3 is 12.3 Å². The van der Waals surface area contributed by atoms with Gasteiger partial charge in [0.15, 0.2) is 0 Å². The number of ether oxygens (including phenoxy) is 1. The van der Waals surface area contributed by atoms with E-state index >= 15 is 0 Å². The number of alkyl carbamates (subject to hydrolysis) is 1. The lowest BCUT2D eigenvalue weighted by atomic mass is 9.98. The Bertz CT molecular complexity index is 1180. The summed E-state index contributed by atoms with van der Waals surface area (Å²) in [6, 6.07) is 19.8. The summed E-state index contributed by atoms with van der Waals surface area (Å²) < 4.78 is 42.9. The quantitative estimate of drug-likeness (QED) is 0.432. The lowest BCUT2D eigenvalue weighted by Gasteiger charge is -2.19. The zero-order chi connectivity index (χ0) is 25.2. The Morgan fingerprint density at radius 3 is 1.97 bits per heavy atom. The second-order valence-electron chi connectivity index (χ2n) is 8.17. The SMILES string of the molecule is O=C(NCC(O)C(O)c1ccc(C(=O)C(F)(F)F)cc1)OCC1c2ccccc2-c2ccccc21. The number of halogens is 3. The summed E-state index contributed by atoms with van der Waals surface area (Å²) in [5.74, 6) is -2.14. The zero-order valence-electron chi connectivity index (χ0n) is 18.3. The molecule has 182 valence electrons. The average molecular weight is 485 g/mol. The molecule has 1 aliphatic rings. The van der Waals surface area contributed by atoms with Crippen LogP contribution in [0.2, 0.25) is 0 Å². The Hall–Kier alpha value is -3.69. The molecule has 0 saturated carbocycles. The van der Waals surface area contributed by atoms with E-state index in [1.54, 1.807) is 0 Å². The number of nitrogens with one attached hydrogen (secondary N) is 1. The van der Waals surface area contributed by atoms with E-state index in [0.29, 0.717) is 0 Å². The molecule has 0 bridgehead atoms. The molecule has 0 fully saturated rings. The third kappa shape index (κ3) is 5.21. The lowest BCUT2D eigenvalue weighted by molar-refractivity contribution is -0.0885. The highest BCUT2D eigenvalue weighted by molar-refractivity contribution is 6.00. The maximum absolute atomic E-state index is 12.5. The van der Waals surface area contributed by atoms with Gasteiger partial charge in [0.1, 0.15) is 18.8 Å². The van der Waals surface area contributed by atoms with Crippen molar-refractivity contribution in [1.82, 2.24) is 5.32 Å². The van der Waals surface area contributed by atoms with Crippen LogP contribution < -0.4 is 5.32 Å². The summed E-state index contributed by atoms with van der Waals surface area (Å²) in [6.07, 6.45) is -8.75. The van der Waals surface area contributed by atoms with Crippen LogP contribution in [-0.2, 0) is 4.74 Å². The molecule has 4 rings (SSSR count). The van der Waals surface area contributed by atoms with Crippen LogP contribution in [0.15, 0.2) is 72.8 Å². The van der Waals surface area contributed by atoms with Crippen molar-refractivity contribution in [3.63, 3.8) is 0 Å². The highest BCUT2D eigenvalue weighted by Crippen LogP contribution is 2.44. The number of ketones is 1. The van der Waals surface area contributed by atoms with Gasteiger partial charge in [-0.25, -0.2) is 4.79 Å². The van der Waals surface area contributed by atoms with Gasteiger partial charge in [0, 0.05) is 18.0 Å². The molecule has 35 heavy (non-hydrogen) atoms. The third-order valence-corrected chi connectivity index (χ3v) is 5.94. The van der Waals surface area contributed by atoms with E-state index in [2.05, 4.69) is 5.32 Å². The minimum atomic E-state index is -5.01. The molecular weight excluding hydrogens is 463 g/mol. The van der Waals surface area contributed by atoms with Gasteiger partial charge in [-0.15, -0.1) is 0 Å². The third-order valence-electron chi connectivity index (χ3n) is 5.94. The molecule has 3 aromatic carbocycles. The van der Waals surface area contributed by atoms with Gasteiger partial charge in [0.25, 0.3) is 5.78 Å². The van der Waals surface area contributed by atoms with Crippen molar-refractivity contribution in [3.8, 4) is 11.1 Å². The van der Waals surface area contributed by atoms with Crippen molar-refractivity contribution in [2.45, 2.75) is 24.3 Å². The van der Waals surface area contributed by atoms with E-state index < -0.39 is 35.8 Å². The first kappa shape index (κ1) is 24.4. The van der Waals surface area contributed by atoms with Crippen molar-refractivity contribution < 1.29 is 37.7 Å². The average Bonchev–Trinajstić information content (AvgIpc) is 3.18. The Morgan fingerprint density at radius 2 is 1.43 bits per heavy atom. The van der Waals surface area contributed by atoms with Crippen LogP contribution >= 0.6 is 0 Å². The number of Topliss-reactive ketones (excluding diaryl/α,β-unsaturated/α-hetero) is 1. The van der Waals surface area contributed by atoms with E-state index in [1.165, 1.54) is 0 Å². The van der Waals surface area contributed by atoms with Crippen LogP contribution in [0.1, 0.15) is 39.1 Å². The molecule has 1 aliphatic carbocycles. The van der Waals surface area contributed by atoms with Crippen molar-refractivity contribution in [1.29, 1.82) is 0 Å². The van der Waals surface area contributed by atoms with Crippen LogP contribution in [0.3, 0.4) is 0 Å². The van der Waals surface area contributed by atoms with Crippen molar-refractivity contribution in [2.75, 3.05) is 13.2 Å². The molecule has 0 aromatic heterocycles. The van der Waals surface area contributed by atoms with Crippen LogP contribution in [0, 0.1) is 0 Å². The summed E-state index contributed by atoms with van der Waals surface area (Å²) in [7, 11) is 0. The molecule has 2 unspecified atom stereocenters. The summed E-state index contributed by atoms with van der Waals surface area (Å²) in [5, 5.41) is 22.8. The Morgan fingerprint density at radius 1 is 0.886 bits per heavy atom. The molecule has 2 atom stereocenters. The van der Waals surface area contributed by atoms with Gasteiger partial charge in [-0.1, -0.05) is 72.8 Å². The molecule has 3 aromatic rings. The number of rotatable bonds is 7. The monoisotopic (exact) mass is 485 g/mol. The molecule has 3 N–H and O–H groups in total. The van der Waals surface area contributed by atoms with Gasteiger partial charge in [-0.2, -0.15) is 13.2 Å². The molecule has 0 spiro atoms. The predicted molar refractivity (Wildman–Crippen MR) is 121 cm³/mol. The van der Waals surface area contributed by atoms with Gasteiger partial charge < -0.3 is 20.3 Å². The standard InChI is InChI=1S/C26H22F3NO5/c27-26(28,29)24(33)16-11-9-15(10-12-16)23(32)22(31)13-30-25(34)35-14-21-19-7-3-1-5-17(19)18-6-2-4-8-20(18)21/h1-12,21-23,31-32H,13-14H2,(H,30,34). The van der Waals surface area contributed by atoms with Crippen molar-refractivity contribution >= 4 is 11.9 Å². The minimum Gasteiger partial charge on any atom is -0.449 e. The van der Waals surface area contributed by atoms with Crippen LogP contribution in [-0.4, -0.2) is 47.5 Å². The lowest BCUT2D eigenvalue weighted by Crippen LogP contribution is -2.36. The van der Waals surface area contributed by atoms with Crippen molar-refractivity contribution in [2.24, 2.45) is 0 Å². The van der Waals surface area contributed by atoms with Crippen LogP contribution in [0.25, 0.3) is 11.1 Å². The number of hydrogen-bond donors (Lipinski definition) is 3. The zero-order valence-corrected chi connectivity index (χ0v) is 18.3. The molecule has 0 aliphatic heterocycles. The van der Waals surface area contributed by atoms with E-state index in [1.807, 2.05) is 48.5 Å². The molecule has 6 nitrogen and oxygen atoms in total. The predicted octanol–water partition coefficient (Wildman–Crippen LogP) is 4.36. The number of amides is 1. The maximum Gasteiger partial charge on any atom is 0.454 e.